The van der Waals surface area contributed by atoms with Crippen LogP contribution in [0.1, 0.15) is 30.0 Å². The molecule has 0 aliphatic rings. The second-order valence-electron chi connectivity index (χ2n) is 6.11. The number of carbonyl (C=O) groups excluding carboxylic acids is 1. The number of nitrogens with one attached hydrogen (secondary N) is 1. The lowest BCUT2D eigenvalue weighted by molar-refractivity contribution is -0.120. The Morgan fingerprint density at radius 3 is 2.63 bits per heavy atom. The molecule has 2 aromatic rings. The lowest BCUT2D eigenvalue weighted by Gasteiger charge is -2.10. The van der Waals surface area contributed by atoms with Crippen LogP contribution in [-0.4, -0.2) is 32.4 Å². The molecule has 2 aromatic carbocycles. The van der Waals surface area contributed by atoms with Crippen molar-refractivity contribution in [2.45, 2.75) is 27.2 Å². The molecule has 0 saturated heterocycles. The Morgan fingerprint density at radius 2 is 1.93 bits per heavy atom. The van der Waals surface area contributed by atoms with Crippen molar-refractivity contribution in [3.8, 4) is 11.5 Å². The van der Waals surface area contributed by atoms with Gasteiger partial charge >= 0.3 is 0 Å². The van der Waals surface area contributed by atoms with Gasteiger partial charge in [0.1, 0.15) is 0 Å². The van der Waals surface area contributed by atoms with E-state index in [1.54, 1.807) is 13.2 Å². The van der Waals surface area contributed by atoms with Crippen LogP contribution in [0.3, 0.4) is 0 Å². The molecule has 0 aliphatic carbocycles. The van der Waals surface area contributed by atoms with Gasteiger partial charge in [-0.3, -0.25) is 4.79 Å². The number of hydrogen-bond donors (Lipinski definition) is 1. The lowest BCUT2D eigenvalue weighted by Crippen LogP contribution is -2.17. The summed E-state index contributed by atoms with van der Waals surface area (Å²) in [6.07, 6.45) is 2.44. The molecule has 6 nitrogen and oxygen atoms in total. The summed E-state index contributed by atoms with van der Waals surface area (Å²) < 4.78 is 10.9. The fourth-order valence-electron chi connectivity index (χ4n) is 2.31. The van der Waals surface area contributed by atoms with Crippen LogP contribution in [0.2, 0.25) is 0 Å². The molecular weight excluding hydrogens is 344 g/mol. The Labute approximate surface area is 160 Å². The Morgan fingerprint density at radius 1 is 1.11 bits per heavy atom. The van der Waals surface area contributed by atoms with Crippen molar-refractivity contribution in [3.05, 3.63) is 53.1 Å². The number of aryl methyl sites for hydroxylation is 2. The fraction of sp³-hybridized carbons (Fsp3) is 0.333. The first-order valence-corrected chi connectivity index (χ1v) is 8.86. The van der Waals surface area contributed by atoms with Crippen molar-refractivity contribution >= 4 is 17.8 Å². The van der Waals surface area contributed by atoms with Gasteiger partial charge in [-0.05, 0) is 61.7 Å². The Balaban J connectivity index is 1.85. The van der Waals surface area contributed by atoms with Crippen molar-refractivity contribution in [2.75, 3.05) is 25.6 Å². The van der Waals surface area contributed by atoms with E-state index in [9.17, 15) is 4.79 Å². The summed E-state index contributed by atoms with van der Waals surface area (Å²) >= 11 is 0. The van der Waals surface area contributed by atoms with Gasteiger partial charge in [0.25, 0.3) is 5.91 Å². The molecule has 144 valence electrons. The summed E-state index contributed by atoms with van der Waals surface area (Å²) in [7, 11) is 1.59. The van der Waals surface area contributed by atoms with Gasteiger partial charge in [0.05, 0.1) is 19.9 Å². The predicted molar refractivity (Wildman–Crippen MR) is 107 cm³/mol. The quantitative estimate of drug-likeness (QED) is 0.533. The normalized spacial score (nSPS) is 10.7. The van der Waals surface area contributed by atoms with Gasteiger partial charge in [0.15, 0.2) is 18.1 Å². The van der Waals surface area contributed by atoms with E-state index in [1.165, 1.54) is 11.8 Å². The van der Waals surface area contributed by atoms with E-state index in [-0.39, 0.29) is 12.5 Å². The summed E-state index contributed by atoms with van der Waals surface area (Å²) in [4.78, 5) is 17.0. The number of methoxy groups -OCH3 is 1. The van der Waals surface area contributed by atoms with E-state index < -0.39 is 0 Å². The Hall–Kier alpha value is -3.02. The standard InChI is InChI=1S/C21H26N2O4/c1-5-10-26-19-9-7-17(12-20(19)25-4)13-22-27-14-21(24)23-18-8-6-15(2)16(3)11-18/h6-9,11-13H,5,10,14H2,1-4H3,(H,23,24). The summed E-state index contributed by atoms with van der Waals surface area (Å²) in [5.41, 5.74) is 3.82. The van der Waals surface area contributed by atoms with Crippen LogP contribution in [0.25, 0.3) is 0 Å². The highest BCUT2D eigenvalue weighted by Crippen LogP contribution is 2.27. The number of carbonyl (C=O) groups is 1. The van der Waals surface area contributed by atoms with Gasteiger partial charge in [-0.1, -0.05) is 18.1 Å². The molecule has 27 heavy (non-hydrogen) atoms. The monoisotopic (exact) mass is 370 g/mol. The smallest absolute Gasteiger partial charge is 0.265 e. The zero-order valence-electron chi connectivity index (χ0n) is 16.2. The second-order valence-corrected chi connectivity index (χ2v) is 6.11. The molecule has 1 amide bonds. The van der Waals surface area contributed by atoms with Gasteiger partial charge in [-0.2, -0.15) is 0 Å². The highest BCUT2D eigenvalue weighted by atomic mass is 16.6. The molecule has 0 spiro atoms. The van der Waals surface area contributed by atoms with Crippen LogP contribution in [0.15, 0.2) is 41.6 Å². The third-order valence-corrected chi connectivity index (χ3v) is 3.91. The Kier molecular flexibility index (Phi) is 7.67. The molecule has 0 radical (unpaired) electrons. The van der Waals surface area contributed by atoms with Crippen LogP contribution in [-0.2, 0) is 9.63 Å². The first kappa shape index (κ1) is 20.3. The largest absolute Gasteiger partial charge is 0.493 e. The molecule has 1 N–H and O–H groups in total. The number of anilines is 1. The Bertz CT molecular complexity index is 803. The van der Waals surface area contributed by atoms with Crippen molar-refractivity contribution in [3.63, 3.8) is 0 Å². The van der Waals surface area contributed by atoms with Crippen LogP contribution in [0.5, 0.6) is 11.5 Å². The molecule has 0 aromatic heterocycles. The van der Waals surface area contributed by atoms with Crippen LogP contribution < -0.4 is 14.8 Å². The van der Waals surface area contributed by atoms with E-state index in [0.29, 0.717) is 18.1 Å². The molecule has 0 saturated carbocycles. The lowest BCUT2D eigenvalue weighted by atomic mass is 10.1. The third-order valence-electron chi connectivity index (χ3n) is 3.91. The summed E-state index contributed by atoms with van der Waals surface area (Å²) in [6, 6.07) is 11.2. The fourth-order valence-corrected chi connectivity index (χ4v) is 2.31. The number of ether oxygens (including phenoxy) is 2. The average molecular weight is 370 g/mol. The van der Waals surface area contributed by atoms with Crippen molar-refractivity contribution in [1.29, 1.82) is 0 Å². The molecule has 0 bridgehead atoms. The molecule has 0 unspecified atom stereocenters. The van der Waals surface area contributed by atoms with E-state index in [1.807, 2.05) is 51.1 Å². The van der Waals surface area contributed by atoms with Gasteiger partial charge in [-0.25, -0.2) is 0 Å². The zero-order valence-corrected chi connectivity index (χ0v) is 16.2. The summed E-state index contributed by atoms with van der Waals surface area (Å²) in [6.45, 7) is 6.52. The molecule has 0 atom stereocenters. The zero-order chi connectivity index (χ0) is 19.6. The molecule has 2 rings (SSSR count). The topological polar surface area (TPSA) is 69.2 Å². The van der Waals surface area contributed by atoms with Crippen molar-refractivity contribution in [1.82, 2.24) is 0 Å². The minimum Gasteiger partial charge on any atom is -0.493 e. The maximum Gasteiger partial charge on any atom is 0.265 e. The minimum atomic E-state index is -0.267. The van der Waals surface area contributed by atoms with Crippen LogP contribution >= 0.6 is 0 Å². The van der Waals surface area contributed by atoms with Crippen LogP contribution in [0.4, 0.5) is 5.69 Å². The van der Waals surface area contributed by atoms with E-state index in [0.717, 1.165) is 23.2 Å². The number of benzene rings is 2. The van der Waals surface area contributed by atoms with Gasteiger partial charge < -0.3 is 19.6 Å². The van der Waals surface area contributed by atoms with Crippen molar-refractivity contribution < 1.29 is 19.1 Å². The minimum absolute atomic E-state index is 0.168. The number of hydrogen-bond acceptors (Lipinski definition) is 5. The second kappa shape index (κ2) is 10.2. The van der Waals surface area contributed by atoms with E-state index >= 15 is 0 Å². The predicted octanol–water partition coefficient (Wildman–Crippen LogP) is 4.09. The first-order chi connectivity index (χ1) is 13.0. The highest BCUT2D eigenvalue weighted by Gasteiger charge is 2.06. The maximum absolute atomic E-state index is 11.9. The van der Waals surface area contributed by atoms with Crippen molar-refractivity contribution in [2.24, 2.45) is 5.16 Å². The number of rotatable bonds is 9. The highest BCUT2D eigenvalue weighted by molar-refractivity contribution is 5.91. The molecule has 0 fully saturated rings. The number of nitrogens with zero attached hydrogens (tertiary/aromatic N) is 1. The molecule has 0 heterocycles. The number of amides is 1. The van der Waals surface area contributed by atoms with Gasteiger partial charge in [-0.15, -0.1) is 0 Å². The molecular formula is C21H26N2O4. The molecule has 6 heteroatoms. The SMILES string of the molecule is CCCOc1ccc(C=NOCC(=O)Nc2ccc(C)c(C)c2)cc1OC. The van der Waals surface area contributed by atoms with Gasteiger partial charge in [0, 0.05) is 11.3 Å². The average Bonchev–Trinajstić information content (AvgIpc) is 2.66. The van der Waals surface area contributed by atoms with Crippen LogP contribution in [0, 0.1) is 13.8 Å². The summed E-state index contributed by atoms with van der Waals surface area (Å²) in [5.74, 6) is 1.04. The van der Waals surface area contributed by atoms with Gasteiger partial charge in [0.2, 0.25) is 0 Å². The third kappa shape index (κ3) is 6.33. The van der Waals surface area contributed by atoms with E-state index in [2.05, 4.69) is 10.5 Å². The van der Waals surface area contributed by atoms with E-state index in [4.69, 9.17) is 14.3 Å². The first-order valence-electron chi connectivity index (χ1n) is 8.86. The maximum atomic E-state index is 11.9. The molecule has 0 aliphatic heterocycles. The number of oxime groups is 1. The summed E-state index contributed by atoms with van der Waals surface area (Å²) in [5, 5.41) is 6.62.